The van der Waals surface area contributed by atoms with E-state index in [0.29, 0.717) is 21.4 Å². The second-order valence-corrected chi connectivity index (χ2v) is 3.84. The third kappa shape index (κ3) is 3.32. The Labute approximate surface area is 99.3 Å². The Bertz CT molecular complexity index is 419. The summed E-state index contributed by atoms with van der Waals surface area (Å²) in [5.74, 6) is 6.20. The maximum absolute atomic E-state index is 5.98. The van der Waals surface area contributed by atoms with E-state index in [2.05, 4.69) is 11.8 Å². The molecule has 0 aliphatic carbocycles. The lowest BCUT2D eigenvalue weighted by Crippen LogP contribution is -2.10. The van der Waals surface area contributed by atoms with Crippen LogP contribution in [0, 0.1) is 11.8 Å². The molecule has 0 heterocycles. The Balaban J connectivity index is 3.12. The van der Waals surface area contributed by atoms with Crippen molar-refractivity contribution in [1.29, 1.82) is 0 Å². The molecule has 0 aliphatic heterocycles. The van der Waals surface area contributed by atoms with E-state index in [-0.39, 0.29) is 6.04 Å². The standard InChI is InChI=1S/C11H11Cl2NO/c1-7(14)3-4-8-5-10(13)11(15-2)6-9(8)12/h5-7H,14H2,1-2H3. The molecule has 0 bridgehead atoms. The molecule has 1 aromatic carbocycles. The molecule has 2 N–H and O–H groups in total. The fraction of sp³-hybridized carbons (Fsp3) is 0.273. The number of ether oxygens (including phenoxy) is 1. The average Bonchev–Trinajstić information content (AvgIpc) is 2.18. The average molecular weight is 244 g/mol. The molecule has 1 atom stereocenters. The maximum Gasteiger partial charge on any atom is 0.139 e. The molecule has 1 rings (SSSR count). The molecule has 0 saturated heterocycles. The van der Waals surface area contributed by atoms with Crippen molar-refractivity contribution in [2.75, 3.05) is 7.11 Å². The van der Waals surface area contributed by atoms with E-state index < -0.39 is 0 Å². The molecule has 0 amide bonds. The van der Waals surface area contributed by atoms with E-state index in [1.165, 1.54) is 7.11 Å². The number of benzene rings is 1. The van der Waals surface area contributed by atoms with Crippen LogP contribution in [0.1, 0.15) is 12.5 Å². The first-order valence-corrected chi connectivity index (χ1v) is 5.10. The lowest BCUT2D eigenvalue weighted by atomic mass is 10.2. The van der Waals surface area contributed by atoms with Gasteiger partial charge in [-0.25, -0.2) is 0 Å². The Morgan fingerprint density at radius 1 is 1.33 bits per heavy atom. The topological polar surface area (TPSA) is 35.2 Å². The van der Waals surface area contributed by atoms with Crippen LogP contribution in [0.15, 0.2) is 12.1 Å². The van der Waals surface area contributed by atoms with Crippen LogP contribution in [0.25, 0.3) is 0 Å². The zero-order valence-corrected chi connectivity index (χ0v) is 9.99. The number of methoxy groups -OCH3 is 1. The summed E-state index contributed by atoms with van der Waals surface area (Å²) in [5, 5.41) is 0.986. The first-order chi connectivity index (χ1) is 7.04. The molecule has 0 spiro atoms. The minimum absolute atomic E-state index is 0.193. The second-order valence-electron chi connectivity index (χ2n) is 3.02. The van der Waals surface area contributed by atoms with Crippen molar-refractivity contribution in [3.8, 4) is 17.6 Å². The lowest BCUT2D eigenvalue weighted by molar-refractivity contribution is 0.415. The summed E-state index contributed by atoms with van der Waals surface area (Å²) in [6.07, 6.45) is 0. The predicted octanol–water partition coefficient (Wildman–Crippen LogP) is 2.70. The zero-order chi connectivity index (χ0) is 11.4. The van der Waals surface area contributed by atoms with Gasteiger partial charge in [0.15, 0.2) is 0 Å². The van der Waals surface area contributed by atoms with Crippen LogP contribution in [-0.4, -0.2) is 13.2 Å². The largest absolute Gasteiger partial charge is 0.495 e. The highest BCUT2D eigenvalue weighted by Gasteiger charge is 2.05. The normalized spacial score (nSPS) is 11.5. The second kappa shape index (κ2) is 5.27. The van der Waals surface area contributed by atoms with Crippen molar-refractivity contribution < 1.29 is 4.74 Å². The van der Waals surface area contributed by atoms with Gasteiger partial charge in [0.1, 0.15) is 5.75 Å². The number of halogens is 2. The van der Waals surface area contributed by atoms with Crippen molar-refractivity contribution >= 4 is 23.2 Å². The van der Waals surface area contributed by atoms with Gasteiger partial charge in [-0.15, -0.1) is 0 Å². The number of nitrogens with two attached hydrogens (primary N) is 1. The molecule has 15 heavy (non-hydrogen) atoms. The van der Waals surface area contributed by atoms with Gasteiger partial charge in [0.25, 0.3) is 0 Å². The predicted molar refractivity (Wildman–Crippen MR) is 63.5 cm³/mol. The highest BCUT2D eigenvalue weighted by atomic mass is 35.5. The number of hydrogen-bond donors (Lipinski definition) is 1. The van der Waals surface area contributed by atoms with Crippen molar-refractivity contribution in [2.24, 2.45) is 5.73 Å². The third-order valence-electron chi connectivity index (χ3n) is 1.68. The number of hydrogen-bond acceptors (Lipinski definition) is 2. The van der Waals surface area contributed by atoms with Crippen molar-refractivity contribution in [1.82, 2.24) is 0 Å². The summed E-state index contributed by atoms with van der Waals surface area (Å²) < 4.78 is 5.02. The van der Waals surface area contributed by atoms with Gasteiger partial charge in [-0.05, 0) is 13.0 Å². The molecule has 0 saturated carbocycles. The van der Waals surface area contributed by atoms with Crippen molar-refractivity contribution in [3.63, 3.8) is 0 Å². The monoisotopic (exact) mass is 243 g/mol. The van der Waals surface area contributed by atoms with Crippen LogP contribution < -0.4 is 10.5 Å². The van der Waals surface area contributed by atoms with Gasteiger partial charge in [-0.3, -0.25) is 0 Å². The van der Waals surface area contributed by atoms with E-state index in [9.17, 15) is 0 Å². The van der Waals surface area contributed by atoms with Gasteiger partial charge in [0, 0.05) is 11.6 Å². The van der Waals surface area contributed by atoms with E-state index >= 15 is 0 Å². The van der Waals surface area contributed by atoms with E-state index in [4.69, 9.17) is 33.7 Å². The molecule has 1 aromatic rings. The van der Waals surface area contributed by atoms with Crippen molar-refractivity contribution in [2.45, 2.75) is 13.0 Å². The maximum atomic E-state index is 5.98. The zero-order valence-electron chi connectivity index (χ0n) is 8.47. The summed E-state index contributed by atoms with van der Waals surface area (Å²) in [7, 11) is 1.53. The van der Waals surface area contributed by atoms with E-state index in [1.807, 2.05) is 0 Å². The van der Waals surface area contributed by atoms with Gasteiger partial charge in [0.2, 0.25) is 0 Å². The summed E-state index contributed by atoms with van der Waals surface area (Å²) >= 11 is 11.9. The molecule has 0 radical (unpaired) electrons. The molecule has 1 unspecified atom stereocenters. The molecule has 0 fully saturated rings. The van der Waals surface area contributed by atoms with Crippen LogP contribution in [0.4, 0.5) is 0 Å². The van der Waals surface area contributed by atoms with Crippen LogP contribution in [0.3, 0.4) is 0 Å². The van der Waals surface area contributed by atoms with Gasteiger partial charge < -0.3 is 10.5 Å². The number of rotatable bonds is 1. The highest BCUT2D eigenvalue weighted by Crippen LogP contribution is 2.30. The Morgan fingerprint density at radius 3 is 2.53 bits per heavy atom. The minimum atomic E-state index is -0.193. The van der Waals surface area contributed by atoms with E-state index in [0.717, 1.165) is 0 Å². The van der Waals surface area contributed by atoms with Gasteiger partial charge in [-0.2, -0.15) is 0 Å². The molecule has 2 nitrogen and oxygen atoms in total. The van der Waals surface area contributed by atoms with Gasteiger partial charge in [-0.1, -0.05) is 35.0 Å². The Kier molecular flexibility index (Phi) is 4.28. The van der Waals surface area contributed by atoms with Crippen LogP contribution in [0.2, 0.25) is 10.0 Å². The molecule has 0 aromatic heterocycles. The molecule has 0 aliphatic rings. The Morgan fingerprint density at radius 2 is 2.00 bits per heavy atom. The summed E-state index contributed by atoms with van der Waals surface area (Å²) in [4.78, 5) is 0. The fourth-order valence-corrected chi connectivity index (χ4v) is 1.41. The first-order valence-electron chi connectivity index (χ1n) is 4.34. The lowest BCUT2D eigenvalue weighted by Gasteiger charge is -2.04. The fourth-order valence-electron chi connectivity index (χ4n) is 0.972. The summed E-state index contributed by atoms with van der Waals surface area (Å²) in [6, 6.07) is 3.11. The Hall–Kier alpha value is -0.880. The smallest absolute Gasteiger partial charge is 0.139 e. The minimum Gasteiger partial charge on any atom is -0.495 e. The summed E-state index contributed by atoms with van der Waals surface area (Å²) in [5.41, 5.74) is 6.16. The highest BCUT2D eigenvalue weighted by molar-refractivity contribution is 6.35. The van der Waals surface area contributed by atoms with Crippen LogP contribution in [0.5, 0.6) is 5.75 Å². The van der Waals surface area contributed by atoms with Gasteiger partial charge in [0.05, 0.1) is 23.2 Å². The van der Waals surface area contributed by atoms with Crippen LogP contribution in [-0.2, 0) is 0 Å². The molecule has 4 heteroatoms. The van der Waals surface area contributed by atoms with Crippen molar-refractivity contribution in [3.05, 3.63) is 27.7 Å². The SMILES string of the molecule is COc1cc(Cl)c(C#CC(C)N)cc1Cl. The quantitative estimate of drug-likeness (QED) is 0.771. The first kappa shape index (κ1) is 12.2. The third-order valence-corrected chi connectivity index (χ3v) is 2.28. The summed E-state index contributed by atoms with van der Waals surface area (Å²) in [6.45, 7) is 1.80. The van der Waals surface area contributed by atoms with E-state index in [1.54, 1.807) is 19.1 Å². The molecular weight excluding hydrogens is 233 g/mol. The molecule has 80 valence electrons. The van der Waals surface area contributed by atoms with Gasteiger partial charge >= 0.3 is 0 Å². The van der Waals surface area contributed by atoms with Crippen LogP contribution >= 0.6 is 23.2 Å². The molecular formula is C11H11Cl2NO.